The van der Waals surface area contributed by atoms with Crippen molar-refractivity contribution < 1.29 is 23.9 Å². The molecule has 0 aliphatic rings. The van der Waals surface area contributed by atoms with Crippen LogP contribution in [0.2, 0.25) is 5.02 Å². The number of hydrogen-bond acceptors (Lipinski definition) is 6. The van der Waals surface area contributed by atoms with Crippen molar-refractivity contribution in [2.45, 2.75) is 19.4 Å². The summed E-state index contributed by atoms with van der Waals surface area (Å²) in [6.45, 7) is 1.41. The zero-order valence-corrected chi connectivity index (χ0v) is 22.0. The van der Waals surface area contributed by atoms with Crippen LogP contribution >= 0.6 is 11.6 Å². The molecule has 0 aliphatic carbocycles. The molecule has 4 aromatic rings. The fraction of sp³-hybridized carbons (Fsp3) is 0.125. The van der Waals surface area contributed by atoms with Gasteiger partial charge in [-0.2, -0.15) is 0 Å². The van der Waals surface area contributed by atoms with Gasteiger partial charge < -0.3 is 10.1 Å². The van der Waals surface area contributed by atoms with E-state index in [-0.39, 0.29) is 29.3 Å². The lowest BCUT2D eigenvalue weighted by Crippen LogP contribution is -2.35. The first-order valence-electron chi connectivity index (χ1n) is 12.3. The molecule has 39 heavy (non-hydrogen) atoms. The Morgan fingerprint density at radius 2 is 1.33 bits per heavy atom. The first-order chi connectivity index (χ1) is 18.8. The summed E-state index contributed by atoms with van der Waals surface area (Å²) in [6, 6.07) is 27.6. The number of anilines is 1. The Bertz CT molecular complexity index is 1480. The van der Waals surface area contributed by atoms with E-state index in [4.69, 9.17) is 16.3 Å². The van der Waals surface area contributed by atoms with Gasteiger partial charge in [0.05, 0.1) is 0 Å². The Hall–Kier alpha value is -4.55. The van der Waals surface area contributed by atoms with Crippen LogP contribution < -0.4 is 5.32 Å². The average molecular weight is 540 g/mol. The number of esters is 1. The molecule has 0 amide bonds. The molecule has 0 radical (unpaired) electrons. The van der Waals surface area contributed by atoms with Crippen LogP contribution in [0.5, 0.6) is 0 Å². The lowest BCUT2D eigenvalue weighted by atomic mass is 9.99. The number of nitrogens with one attached hydrogen (secondary N) is 1. The minimum atomic E-state index is -1.17. The number of carbonyl (C=O) groups is 4. The third-order valence-electron chi connectivity index (χ3n) is 6.08. The van der Waals surface area contributed by atoms with Gasteiger partial charge in [0.25, 0.3) is 0 Å². The van der Waals surface area contributed by atoms with Crippen molar-refractivity contribution >= 4 is 40.6 Å². The van der Waals surface area contributed by atoms with E-state index < -0.39 is 18.6 Å². The van der Waals surface area contributed by atoms with Gasteiger partial charge in [0.1, 0.15) is 6.04 Å². The smallest absolute Gasteiger partial charge is 0.329 e. The Labute approximate surface area is 231 Å². The van der Waals surface area contributed by atoms with E-state index in [9.17, 15) is 19.2 Å². The van der Waals surface area contributed by atoms with Gasteiger partial charge in [-0.05, 0) is 25.1 Å². The minimum Gasteiger partial charge on any atom is -0.456 e. The molecule has 0 heterocycles. The molecule has 1 atom stereocenters. The molecule has 4 rings (SSSR count). The Morgan fingerprint density at radius 3 is 1.97 bits per heavy atom. The number of benzene rings is 4. The normalized spacial score (nSPS) is 11.3. The predicted molar refractivity (Wildman–Crippen MR) is 151 cm³/mol. The van der Waals surface area contributed by atoms with Crippen molar-refractivity contribution in [1.29, 1.82) is 0 Å². The number of hydrogen-bond donors (Lipinski definition) is 1. The van der Waals surface area contributed by atoms with E-state index in [0.717, 1.165) is 5.56 Å². The summed E-state index contributed by atoms with van der Waals surface area (Å²) in [6.07, 6.45) is -0.261. The molecular weight excluding hydrogens is 514 g/mol. The lowest BCUT2D eigenvalue weighted by molar-refractivity contribution is -0.143. The van der Waals surface area contributed by atoms with Crippen molar-refractivity contribution in [2.24, 2.45) is 0 Å². The van der Waals surface area contributed by atoms with E-state index >= 15 is 0 Å². The highest BCUT2D eigenvalue weighted by molar-refractivity contribution is 6.31. The van der Waals surface area contributed by atoms with Gasteiger partial charge in [-0.15, -0.1) is 0 Å². The summed E-state index contributed by atoms with van der Waals surface area (Å²) < 4.78 is 5.35. The molecule has 4 aromatic carbocycles. The van der Waals surface area contributed by atoms with Crippen LogP contribution in [0.1, 0.15) is 48.6 Å². The van der Waals surface area contributed by atoms with Gasteiger partial charge in [-0.25, -0.2) is 4.79 Å². The number of ether oxygens (including phenoxy) is 1. The standard InChI is InChI=1S/C32H26ClNO5/c1-21-12-14-23(15-13-21)30(36)20-39-32(38)28(19-29(35)22-8-4-2-5-9-22)34-27-17-16-25(33)18-26(27)31(37)24-10-6-3-7-11-24/h2-18,28,34H,19-20H2,1H3/t28-/m0/s1. The predicted octanol–water partition coefficient (Wildman–Crippen LogP) is 6.36. The fourth-order valence-corrected chi connectivity index (χ4v) is 4.12. The maximum Gasteiger partial charge on any atom is 0.329 e. The highest BCUT2D eigenvalue weighted by Crippen LogP contribution is 2.25. The molecule has 7 heteroatoms. The molecule has 1 N–H and O–H groups in total. The van der Waals surface area contributed by atoms with E-state index in [1.54, 1.807) is 97.1 Å². The molecule has 6 nitrogen and oxygen atoms in total. The van der Waals surface area contributed by atoms with Crippen molar-refractivity contribution in [2.75, 3.05) is 11.9 Å². The molecule has 0 spiro atoms. The van der Waals surface area contributed by atoms with Crippen LogP contribution in [-0.4, -0.2) is 36.0 Å². The van der Waals surface area contributed by atoms with Crippen LogP contribution in [-0.2, 0) is 9.53 Å². The highest BCUT2D eigenvalue weighted by Gasteiger charge is 2.27. The van der Waals surface area contributed by atoms with E-state index in [0.29, 0.717) is 27.4 Å². The Balaban J connectivity index is 1.59. The number of aryl methyl sites for hydroxylation is 1. The number of halogens is 1. The molecule has 0 saturated heterocycles. The summed E-state index contributed by atoms with van der Waals surface area (Å²) in [5.41, 5.74) is 2.80. The summed E-state index contributed by atoms with van der Waals surface area (Å²) in [5, 5.41) is 3.35. The van der Waals surface area contributed by atoms with Crippen LogP contribution in [0.15, 0.2) is 103 Å². The third-order valence-corrected chi connectivity index (χ3v) is 6.32. The van der Waals surface area contributed by atoms with Crippen LogP contribution in [0.25, 0.3) is 0 Å². The maximum absolute atomic E-state index is 13.3. The first kappa shape index (κ1) is 27.5. The maximum atomic E-state index is 13.3. The second-order valence-corrected chi connectivity index (χ2v) is 9.41. The van der Waals surface area contributed by atoms with Crippen molar-refractivity contribution in [1.82, 2.24) is 0 Å². The first-order valence-corrected chi connectivity index (χ1v) is 12.7. The van der Waals surface area contributed by atoms with Crippen molar-refractivity contribution in [3.8, 4) is 0 Å². The number of rotatable bonds is 11. The monoisotopic (exact) mass is 539 g/mol. The van der Waals surface area contributed by atoms with Gasteiger partial charge in [-0.1, -0.05) is 102 Å². The van der Waals surface area contributed by atoms with Crippen LogP contribution in [0.4, 0.5) is 5.69 Å². The summed E-state index contributed by atoms with van der Waals surface area (Å²) >= 11 is 6.20. The van der Waals surface area contributed by atoms with Crippen LogP contribution in [0, 0.1) is 6.92 Å². The lowest BCUT2D eigenvalue weighted by Gasteiger charge is -2.20. The van der Waals surface area contributed by atoms with E-state index in [1.165, 1.54) is 6.07 Å². The van der Waals surface area contributed by atoms with Crippen molar-refractivity contribution in [3.63, 3.8) is 0 Å². The van der Waals surface area contributed by atoms with E-state index in [1.807, 2.05) is 6.92 Å². The van der Waals surface area contributed by atoms with Crippen molar-refractivity contribution in [3.05, 3.63) is 136 Å². The fourth-order valence-electron chi connectivity index (χ4n) is 3.94. The molecular formula is C32H26ClNO5. The topological polar surface area (TPSA) is 89.5 Å². The van der Waals surface area contributed by atoms with Gasteiger partial charge in [0.15, 0.2) is 24.0 Å². The van der Waals surface area contributed by atoms with Gasteiger partial charge in [0, 0.05) is 39.4 Å². The highest BCUT2D eigenvalue weighted by atomic mass is 35.5. The Kier molecular flexibility index (Phi) is 9.02. The van der Waals surface area contributed by atoms with Gasteiger partial charge in [-0.3, -0.25) is 14.4 Å². The average Bonchev–Trinajstić information content (AvgIpc) is 2.97. The SMILES string of the molecule is Cc1ccc(C(=O)COC(=O)[C@H](CC(=O)c2ccccc2)Nc2ccc(Cl)cc2C(=O)c2ccccc2)cc1. The number of ketones is 3. The van der Waals surface area contributed by atoms with Crippen LogP contribution in [0.3, 0.4) is 0 Å². The summed E-state index contributed by atoms with van der Waals surface area (Å²) in [5.74, 6) is -1.79. The Morgan fingerprint density at radius 1 is 0.744 bits per heavy atom. The third kappa shape index (κ3) is 7.27. The number of carbonyl (C=O) groups excluding carboxylic acids is 4. The summed E-state index contributed by atoms with van der Waals surface area (Å²) in [4.78, 5) is 52.1. The molecule has 0 aromatic heterocycles. The summed E-state index contributed by atoms with van der Waals surface area (Å²) in [7, 11) is 0. The quantitative estimate of drug-likeness (QED) is 0.176. The molecule has 0 bridgehead atoms. The molecule has 196 valence electrons. The van der Waals surface area contributed by atoms with Gasteiger partial charge in [0.2, 0.25) is 0 Å². The molecule has 0 fully saturated rings. The second-order valence-electron chi connectivity index (χ2n) is 8.97. The van der Waals surface area contributed by atoms with Gasteiger partial charge >= 0.3 is 5.97 Å². The second kappa shape index (κ2) is 12.8. The minimum absolute atomic E-state index is 0.231. The zero-order valence-electron chi connectivity index (χ0n) is 21.2. The number of Topliss-reactive ketones (excluding diaryl/α,β-unsaturated/α-hetero) is 2. The molecule has 0 aliphatic heterocycles. The van der Waals surface area contributed by atoms with E-state index in [2.05, 4.69) is 5.32 Å². The molecule has 0 saturated carbocycles. The zero-order chi connectivity index (χ0) is 27.8. The largest absolute Gasteiger partial charge is 0.456 e. The molecule has 0 unspecified atom stereocenters.